The second-order valence-electron chi connectivity index (χ2n) is 3.60. The van der Waals surface area contributed by atoms with E-state index < -0.39 is 0 Å². The summed E-state index contributed by atoms with van der Waals surface area (Å²) in [4.78, 5) is 0. The van der Waals surface area contributed by atoms with Gasteiger partial charge < -0.3 is 0 Å². The molecule has 0 rings (SSSR count). The van der Waals surface area contributed by atoms with Crippen molar-refractivity contribution < 1.29 is 0 Å². The van der Waals surface area contributed by atoms with Crippen LogP contribution in [-0.2, 0) is 0 Å². The molecule has 0 saturated heterocycles. The van der Waals surface area contributed by atoms with E-state index >= 15 is 0 Å². The molecule has 0 aliphatic carbocycles. The van der Waals surface area contributed by atoms with Crippen LogP contribution in [0.25, 0.3) is 0 Å². The van der Waals surface area contributed by atoms with Crippen molar-refractivity contribution in [1.29, 1.82) is 0 Å². The first-order chi connectivity index (χ1) is 6.35. The van der Waals surface area contributed by atoms with Gasteiger partial charge in [0.15, 0.2) is 0 Å². The molecule has 0 fully saturated rings. The van der Waals surface area contributed by atoms with Crippen molar-refractivity contribution in [2.24, 2.45) is 0 Å². The van der Waals surface area contributed by atoms with Crippen LogP contribution in [-0.4, -0.2) is 19.6 Å². The molecule has 1 radical (unpaired) electrons. The Morgan fingerprint density at radius 2 is 1.38 bits per heavy atom. The van der Waals surface area contributed by atoms with Crippen molar-refractivity contribution in [2.45, 2.75) is 52.9 Å². The molecule has 1 N–H and O–H groups in total. The third-order valence-electron chi connectivity index (χ3n) is 2.15. The van der Waals surface area contributed by atoms with E-state index in [-0.39, 0.29) is 0 Å². The van der Waals surface area contributed by atoms with Gasteiger partial charge in [0.05, 0.1) is 0 Å². The zero-order chi connectivity index (χ0) is 9.94. The lowest BCUT2D eigenvalue weighted by molar-refractivity contribution is 0.302. The molecule has 0 amide bonds. The molecule has 0 heterocycles. The smallest absolute Gasteiger partial charge is 0.119 e. The molecule has 0 aromatic rings. The molecule has 0 unspecified atom stereocenters. The number of hydrogen-bond donors (Lipinski definition) is 1. The number of nitrogens with one attached hydrogen (secondary N) is 1. The topological polar surface area (TPSA) is 17.9 Å². The van der Waals surface area contributed by atoms with Gasteiger partial charge in [0.2, 0.25) is 0 Å². The molecule has 2 nitrogen and oxygen atoms in total. The van der Waals surface area contributed by atoms with Gasteiger partial charge in [-0.05, 0) is 6.42 Å². The van der Waals surface area contributed by atoms with Gasteiger partial charge in [-0.25, -0.2) is 0 Å². The van der Waals surface area contributed by atoms with Gasteiger partial charge in [-0.15, -0.1) is 5.43 Å². The van der Waals surface area contributed by atoms with E-state index in [1.54, 1.807) is 0 Å². The molecule has 79 valence electrons. The molecule has 0 spiro atoms. The molecule has 13 heavy (non-hydrogen) atoms. The van der Waals surface area contributed by atoms with E-state index in [1.807, 2.05) is 0 Å². The van der Waals surface area contributed by atoms with Crippen LogP contribution in [0.4, 0.5) is 0 Å². The summed E-state index contributed by atoms with van der Waals surface area (Å²) in [6.07, 6.45) is 6.41. The number of nitrogens with zero attached hydrogens (tertiary/aromatic N) is 1. The Labute approximate surface area is 83.7 Å². The number of hydrazine groups is 1. The first-order valence-corrected chi connectivity index (χ1v) is 5.83. The Hall–Kier alpha value is -0.0800. The monoisotopic (exact) mass is 186 g/mol. The quantitative estimate of drug-likeness (QED) is 0.433. The Kier molecular flexibility index (Phi) is 9.94. The van der Waals surface area contributed by atoms with E-state index in [0.717, 1.165) is 6.54 Å². The van der Waals surface area contributed by atoms with Crippen LogP contribution in [0.5, 0.6) is 0 Å². The summed E-state index contributed by atoms with van der Waals surface area (Å²) in [7, 11) is 0. The summed E-state index contributed by atoms with van der Waals surface area (Å²) >= 11 is 0. The molecular formula is C11H26N2+. The average Bonchev–Trinajstić information content (AvgIpc) is 2.17. The molecule has 0 aliphatic heterocycles. The molecule has 0 aromatic heterocycles. The van der Waals surface area contributed by atoms with E-state index in [4.69, 9.17) is 0 Å². The highest BCUT2D eigenvalue weighted by Crippen LogP contribution is 1.93. The fourth-order valence-corrected chi connectivity index (χ4v) is 1.24. The SMILES string of the molecule is CCCC[N+](CCCC)NCCC. The van der Waals surface area contributed by atoms with Crippen molar-refractivity contribution in [3.05, 3.63) is 0 Å². The molecule has 0 bridgehead atoms. The van der Waals surface area contributed by atoms with Crippen molar-refractivity contribution in [3.63, 3.8) is 0 Å². The Morgan fingerprint density at radius 3 is 1.77 bits per heavy atom. The molecule has 0 saturated carbocycles. The molecule has 0 atom stereocenters. The summed E-state index contributed by atoms with van der Waals surface area (Å²) in [5, 5.41) is 2.39. The maximum absolute atomic E-state index is 3.47. The lowest BCUT2D eigenvalue weighted by atomic mass is 10.3. The van der Waals surface area contributed by atoms with Gasteiger partial charge in [0.25, 0.3) is 0 Å². The van der Waals surface area contributed by atoms with Gasteiger partial charge in [-0.3, -0.25) is 0 Å². The van der Waals surface area contributed by atoms with E-state index in [0.29, 0.717) is 0 Å². The fourth-order valence-electron chi connectivity index (χ4n) is 1.24. The minimum absolute atomic E-state index is 1.12. The first kappa shape index (κ1) is 12.9. The van der Waals surface area contributed by atoms with E-state index in [2.05, 4.69) is 31.2 Å². The van der Waals surface area contributed by atoms with Gasteiger partial charge in [-0.1, -0.05) is 38.6 Å². The van der Waals surface area contributed by atoms with Crippen molar-refractivity contribution >= 4 is 0 Å². The van der Waals surface area contributed by atoms with Crippen LogP contribution in [0, 0.1) is 0 Å². The number of hydrogen-bond acceptors (Lipinski definition) is 2. The van der Waals surface area contributed by atoms with Crippen molar-refractivity contribution in [1.82, 2.24) is 10.4 Å². The second-order valence-corrected chi connectivity index (χ2v) is 3.60. The van der Waals surface area contributed by atoms with Gasteiger partial charge in [0, 0.05) is 19.4 Å². The Balaban J connectivity index is 3.47. The maximum Gasteiger partial charge on any atom is 0.144 e. The fraction of sp³-hybridized carbons (Fsp3) is 1.00. The summed E-state index contributed by atoms with van der Waals surface area (Å²) in [5.74, 6) is 0. The minimum Gasteiger partial charge on any atom is -0.119 e. The Morgan fingerprint density at radius 1 is 0.846 bits per heavy atom. The largest absolute Gasteiger partial charge is 0.144 e. The highest BCUT2D eigenvalue weighted by atomic mass is 15.5. The number of unbranched alkanes of at least 4 members (excludes halogenated alkanes) is 2. The van der Waals surface area contributed by atoms with Crippen molar-refractivity contribution in [3.8, 4) is 0 Å². The van der Waals surface area contributed by atoms with Crippen LogP contribution in [0.1, 0.15) is 52.9 Å². The lowest BCUT2D eigenvalue weighted by Gasteiger charge is -2.11. The molecule has 0 aromatic carbocycles. The van der Waals surface area contributed by atoms with Gasteiger partial charge in [-0.2, -0.15) is 0 Å². The lowest BCUT2D eigenvalue weighted by Crippen LogP contribution is -2.45. The first-order valence-electron chi connectivity index (χ1n) is 5.83. The Bertz CT molecular complexity index is 75.1. The van der Waals surface area contributed by atoms with Crippen LogP contribution in [0.2, 0.25) is 0 Å². The molecule has 2 heteroatoms. The highest BCUT2D eigenvalue weighted by Gasteiger charge is 2.11. The van der Waals surface area contributed by atoms with Crippen LogP contribution in [0.15, 0.2) is 0 Å². The predicted octanol–water partition coefficient (Wildman–Crippen LogP) is 2.64. The van der Waals surface area contributed by atoms with Gasteiger partial charge >= 0.3 is 0 Å². The predicted molar refractivity (Wildman–Crippen MR) is 60.0 cm³/mol. The van der Waals surface area contributed by atoms with E-state index in [9.17, 15) is 0 Å². The van der Waals surface area contributed by atoms with Crippen LogP contribution in [0.3, 0.4) is 0 Å². The van der Waals surface area contributed by atoms with Gasteiger partial charge in [0.1, 0.15) is 13.1 Å². The standard InChI is InChI=1S/C11H26N2/c1-4-7-10-13(11-8-5-2)12-9-6-3/h12H,4-11H2,1-3H3/q+1. The third-order valence-corrected chi connectivity index (χ3v) is 2.15. The van der Waals surface area contributed by atoms with Crippen molar-refractivity contribution in [2.75, 3.05) is 19.6 Å². The van der Waals surface area contributed by atoms with E-state index in [1.165, 1.54) is 45.2 Å². The summed E-state index contributed by atoms with van der Waals surface area (Å²) < 4.78 is 0. The van der Waals surface area contributed by atoms with Crippen LogP contribution >= 0.6 is 0 Å². The summed E-state index contributed by atoms with van der Waals surface area (Å²) in [6.45, 7) is 10.2. The second kappa shape index (κ2) is 10.0. The van der Waals surface area contributed by atoms with Crippen LogP contribution < -0.4 is 10.4 Å². The molecular weight excluding hydrogens is 160 g/mol. The normalized spacial score (nSPS) is 11.1. The maximum atomic E-state index is 3.47. The molecule has 0 aliphatic rings. The summed E-state index contributed by atoms with van der Waals surface area (Å²) in [5.41, 5.74) is 3.47. The zero-order valence-corrected chi connectivity index (χ0v) is 9.60. The third kappa shape index (κ3) is 8.26. The minimum atomic E-state index is 1.12. The number of rotatable bonds is 9. The summed E-state index contributed by atoms with van der Waals surface area (Å²) in [6, 6.07) is 0. The highest BCUT2D eigenvalue weighted by molar-refractivity contribution is 4.58. The average molecular weight is 186 g/mol. The zero-order valence-electron chi connectivity index (χ0n) is 9.60.